The minimum absolute atomic E-state index is 0.0948. The molecule has 0 radical (unpaired) electrons. The molecule has 5 heteroatoms. The first kappa shape index (κ1) is 14.2. The van der Waals surface area contributed by atoms with Crippen molar-refractivity contribution in [1.82, 2.24) is 5.32 Å². The molecule has 0 spiro atoms. The third-order valence-corrected chi connectivity index (χ3v) is 2.62. The zero-order chi connectivity index (χ0) is 13.5. The van der Waals surface area contributed by atoms with Crippen molar-refractivity contribution in [2.45, 2.75) is 19.4 Å². The van der Waals surface area contributed by atoms with Gasteiger partial charge in [-0.3, -0.25) is 4.79 Å². The number of carbonyl (C=O) groups excluding carboxylic acids is 2. The zero-order valence-electron chi connectivity index (χ0n) is 10.5. The second kappa shape index (κ2) is 6.76. The number of amides is 1. The van der Waals surface area contributed by atoms with Crippen molar-refractivity contribution in [2.24, 2.45) is 0 Å². The van der Waals surface area contributed by atoms with Crippen molar-refractivity contribution < 1.29 is 19.4 Å². The monoisotopic (exact) mass is 251 g/mol. The van der Waals surface area contributed by atoms with E-state index in [1.165, 1.54) is 19.2 Å². The fourth-order valence-corrected chi connectivity index (χ4v) is 1.42. The van der Waals surface area contributed by atoms with E-state index in [1.807, 2.05) is 6.92 Å². The summed E-state index contributed by atoms with van der Waals surface area (Å²) in [6.45, 7) is 1.78. The van der Waals surface area contributed by atoms with Crippen molar-refractivity contribution in [3.05, 3.63) is 35.4 Å². The lowest BCUT2D eigenvalue weighted by molar-refractivity contribution is 0.0600. The highest BCUT2D eigenvalue weighted by atomic mass is 16.5. The number of methoxy groups -OCH3 is 1. The summed E-state index contributed by atoms with van der Waals surface area (Å²) in [5.74, 6) is -0.712. The molecule has 0 fully saturated rings. The summed E-state index contributed by atoms with van der Waals surface area (Å²) in [6, 6.07) is 5.90. The Labute approximate surface area is 106 Å². The molecular weight excluding hydrogens is 234 g/mol. The summed E-state index contributed by atoms with van der Waals surface area (Å²) in [4.78, 5) is 23.0. The number of hydrogen-bond donors (Lipinski definition) is 2. The first-order valence-electron chi connectivity index (χ1n) is 5.72. The molecule has 18 heavy (non-hydrogen) atoms. The smallest absolute Gasteiger partial charge is 0.337 e. The van der Waals surface area contributed by atoms with Crippen LogP contribution < -0.4 is 5.32 Å². The lowest BCUT2D eigenvalue weighted by Gasteiger charge is -2.13. The maximum atomic E-state index is 11.8. The van der Waals surface area contributed by atoms with Crippen molar-refractivity contribution >= 4 is 11.9 Å². The molecule has 0 saturated heterocycles. The third kappa shape index (κ3) is 3.56. The third-order valence-electron chi connectivity index (χ3n) is 2.62. The summed E-state index contributed by atoms with van der Waals surface area (Å²) in [5.41, 5.74) is 0.831. The van der Waals surface area contributed by atoms with E-state index in [2.05, 4.69) is 10.1 Å². The van der Waals surface area contributed by atoms with Gasteiger partial charge in [-0.2, -0.15) is 0 Å². The number of nitrogens with one attached hydrogen (secondary N) is 1. The second-order valence-electron chi connectivity index (χ2n) is 3.83. The van der Waals surface area contributed by atoms with Crippen LogP contribution in [0.3, 0.4) is 0 Å². The second-order valence-corrected chi connectivity index (χ2v) is 3.83. The number of benzene rings is 1. The van der Waals surface area contributed by atoms with E-state index in [4.69, 9.17) is 5.11 Å². The van der Waals surface area contributed by atoms with Crippen LogP contribution in [0.4, 0.5) is 0 Å². The maximum Gasteiger partial charge on any atom is 0.337 e. The van der Waals surface area contributed by atoms with E-state index in [1.54, 1.807) is 12.1 Å². The molecule has 1 rings (SSSR count). The van der Waals surface area contributed by atoms with E-state index in [0.717, 1.165) is 0 Å². The van der Waals surface area contributed by atoms with Gasteiger partial charge in [0, 0.05) is 5.56 Å². The van der Waals surface area contributed by atoms with Gasteiger partial charge in [0.1, 0.15) is 0 Å². The summed E-state index contributed by atoms with van der Waals surface area (Å²) < 4.78 is 4.56. The molecular formula is C13H17NO4. The summed E-state index contributed by atoms with van der Waals surface area (Å²) in [5, 5.41) is 11.7. The van der Waals surface area contributed by atoms with Crippen LogP contribution in [0.25, 0.3) is 0 Å². The molecule has 1 aromatic carbocycles. The number of aliphatic hydroxyl groups is 1. The van der Waals surface area contributed by atoms with Gasteiger partial charge in [0.2, 0.25) is 0 Å². The fraction of sp³-hybridized carbons (Fsp3) is 0.385. The number of aliphatic hydroxyl groups excluding tert-OH is 1. The average Bonchev–Trinajstić information content (AvgIpc) is 2.43. The molecule has 0 aliphatic rings. The molecule has 5 nitrogen and oxygen atoms in total. The number of rotatable bonds is 5. The van der Waals surface area contributed by atoms with Gasteiger partial charge < -0.3 is 15.2 Å². The molecule has 0 aromatic heterocycles. The molecule has 2 N–H and O–H groups in total. The number of hydrogen-bond acceptors (Lipinski definition) is 4. The van der Waals surface area contributed by atoms with Crippen LogP contribution in [-0.4, -0.2) is 36.7 Å². The van der Waals surface area contributed by atoms with Crippen molar-refractivity contribution in [2.75, 3.05) is 13.7 Å². The van der Waals surface area contributed by atoms with Gasteiger partial charge in [0.05, 0.1) is 25.3 Å². The molecule has 0 heterocycles. The number of ether oxygens (including phenoxy) is 1. The minimum Gasteiger partial charge on any atom is -0.465 e. The molecule has 1 amide bonds. The molecule has 1 aromatic rings. The van der Waals surface area contributed by atoms with Gasteiger partial charge in [-0.25, -0.2) is 4.79 Å². The lowest BCUT2D eigenvalue weighted by Crippen LogP contribution is -2.36. The lowest BCUT2D eigenvalue weighted by atomic mass is 10.1. The van der Waals surface area contributed by atoms with Gasteiger partial charge in [0.25, 0.3) is 5.91 Å². The number of esters is 1. The Morgan fingerprint density at radius 1 is 1.28 bits per heavy atom. The quantitative estimate of drug-likeness (QED) is 0.765. The van der Waals surface area contributed by atoms with E-state index in [0.29, 0.717) is 17.5 Å². The molecule has 0 saturated carbocycles. The molecule has 0 bridgehead atoms. The first-order valence-corrected chi connectivity index (χ1v) is 5.72. The van der Waals surface area contributed by atoms with Gasteiger partial charge in [-0.05, 0) is 30.7 Å². The van der Waals surface area contributed by atoms with Crippen molar-refractivity contribution in [1.29, 1.82) is 0 Å². The SMILES string of the molecule is CC[C@@H](CO)NC(=O)c1ccc(C(=O)OC)cc1. The Kier molecular flexibility index (Phi) is 5.32. The highest BCUT2D eigenvalue weighted by Crippen LogP contribution is 2.06. The van der Waals surface area contributed by atoms with Gasteiger partial charge >= 0.3 is 5.97 Å². The van der Waals surface area contributed by atoms with Crippen LogP contribution >= 0.6 is 0 Å². The number of carbonyl (C=O) groups is 2. The van der Waals surface area contributed by atoms with Crippen LogP contribution in [0, 0.1) is 0 Å². The Bertz CT molecular complexity index is 410. The van der Waals surface area contributed by atoms with Crippen LogP contribution in [0.15, 0.2) is 24.3 Å². The molecule has 98 valence electrons. The van der Waals surface area contributed by atoms with Crippen LogP contribution in [0.5, 0.6) is 0 Å². The van der Waals surface area contributed by atoms with E-state index >= 15 is 0 Å². The van der Waals surface area contributed by atoms with Gasteiger partial charge in [0.15, 0.2) is 0 Å². The van der Waals surface area contributed by atoms with Crippen molar-refractivity contribution in [3.63, 3.8) is 0 Å². The fourth-order valence-electron chi connectivity index (χ4n) is 1.42. The first-order chi connectivity index (χ1) is 8.62. The van der Waals surface area contributed by atoms with E-state index in [-0.39, 0.29) is 18.6 Å². The Balaban J connectivity index is 2.73. The predicted octanol–water partition coefficient (Wildman–Crippen LogP) is 0.974. The predicted molar refractivity (Wildman–Crippen MR) is 66.4 cm³/mol. The summed E-state index contributed by atoms with van der Waals surface area (Å²) in [6.07, 6.45) is 0.655. The molecule has 0 aliphatic carbocycles. The Hall–Kier alpha value is -1.88. The zero-order valence-corrected chi connectivity index (χ0v) is 10.5. The topological polar surface area (TPSA) is 75.6 Å². The highest BCUT2D eigenvalue weighted by Gasteiger charge is 2.12. The largest absolute Gasteiger partial charge is 0.465 e. The maximum absolute atomic E-state index is 11.8. The van der Waals surface area contributed by atoms with E-state index in [9.17, 15) is 9.59 Å². The Morgan fingerprint density at radius 3 is 2.28 bits per heavy atom. The standard InChI is InChI=1S/C13H17NO4/c1-3-11(8-15)14-12(16)9-4-6-10(7-5-9)13(17)18-2/h4-7,11,15H,3,8H2,1-2H3,(H,14,16)/t11-/m0/s1. The summed E-state index contributed by atoms with van der Waals surface area (Å²) >= 11 is 0. The van der Waals surface area contributed by atoms with Gasteiger partial charge in [-0.15, -0.1) is 0 Å². The molecule has 1 atom stereocenters. The Morgan fingerprint density at radius 2 is 1.83 bits per heavy atom. The highest BCUT2D eigenvalue weighted by molar-refractivity contribution is 5.96. The normalized spacial score (nSPS) is 11.7. The minimum atomic E-state index is -0.441. The van der Waals surface area contributed by atoms with Crippen LogP contribution in [0.2, 0.25) is 0 Å². The van der Waals surface area contributed by atoms with Gasteiger partial charge in [-0.1, -0.05) is 6.92 Å². The van der Waals surface area contributed by atoms with Crippen LogP contribution in [0.1, 0.15) is 34.1 Å². The summed E-state index contributed by atoms with van der Waals surface area (Å²) in [7, 11) is 1.30. The van der Waals surface area contributed by atoms with Crippen LogP contribution in [-0.2, 0) is 4.74 Å². The molecule has 0 aliphatic heterocycles. The molecule has 0 unspecified atom stereocenters. The van der Waals surface area contributed by atoms with Crippen molar-refractivity contribution in [3.8, 4) is 0 Å². The van der Waals surface area contributed by atoms with E-state index < -0.39 is 5.97 Å². The average molecular weight is 251 g/mol.